The van der Waals surface area contributed by atoms with Crippen molar-refractivity contribution in [1.29, 1.82) is 0 Å². The molecule has 0 aromatic carbocycles. The van der Waals surface area contributed by atoms with Gasteiger partial charge in [-0.05, 0) is 27.7 Å². The van der Waals surface area contributed by atoms with Crippen LogP contribution in [0.3, 0.4) is 0 Å². The third-order valence-electron chi connectivity index (χ3n) is 1.20. The molecule has 12 heavy (non-hydrogen) atoms. The van der Waals surface area contributed by atoms with Crippen LogP contribution in [0.25, 0.3) is 0 Å². The van der Waals surface area contributed by atoms with Crippen LogP contribution in [0, 0.1) is 0 Å². The number of aliphatic hydroxyl groups is 1. The van der Waals surface area contributed by atoms with Gasteiger partial charge in [0.2, 0.25) is 0 Å². The fraction of sp³-hybridized carbons (Fsp3) is 0.875. The molecular weight excluding hydrogens is 158 g/mol. The molecule has 0 spiro atoms. The normalized spacial score (nSPS) is 16.8. The van der Waals surface area contributed by atoms with Gasteiger partial charge in [-0.1, -0.05) is 0 Å². The number of hydrogen-bond acceptors (Lipinski definition) is 4. The molecule has 2 atom stereocenters. The van der Waals surface area contributed by atoms with E-state index in [4.69, 9.17) is 15.6 Å². The van der Waals surface area contributed by atoms with Gasteiger partial charge in [0.25, 0.3) is 0 Å². The van der Waals surface area contributed by atoms with Gasteiger partial charge in [-0.3, -0.25) is 4.79 Å². The molecule has 0 saturated carbocycles. The van der Waals surface area contributed by atoms with Crippen LogP contribution in [0.2, 0.25) is 0 Å². The predicted octanol–water partition coefficient (Wildman–Crippen LogP) is 0.0362. The number of carbonyl (C=O) groups is 1. The molecule has 0 heterocycles. The third-order valence-corrected chi connectivity index (χ3v) is 1.20. The van der Waals surface area contributed by atoms with E-state index in [1.807, 2.05) is 0 Å². The van der Waals surface area contributed by atoms with Crippen LogP contribution in [0.1, 0.15) is 27.7 Å². The molecule has 4 heteroatoms. The molecule has 0 rings (SSSR count). The Balaban J connectivity index is 4.05. The van der Waals surface area contributed by atoms with E-state index >= 15 is 0 Å². The summed E-state index contributed by atoms with van der Waals surface area (Å²) in [5.41, 5.74) is 4.79. The zero-order valence-electron chi connectivity index (χ0n) is 8.00. The van der Waals surface area contributed by atoms with E-state index in [1.165, 1.54) is 6.92 Å². The Morgan fingerprint density at radius 2 is 1.92 bits per heavy atom. The highest BCUT2D eigenvalue weighted by Gasteiger charge is 2.25. The number of rotatable bonds is 2. The zero-order valence-corrected chi connectivity index (χ0v) is 8.00. The smallest absolute Gasteiger partial charge is 0.326 e. The lowest BCUT2D eigenvalue weighted by atomic mass is 10.1. The number of esters is 1. The topological polar surface area (TPSA) is 72.5 Å². The summed E-state index contributed by atoms with van der Waals surface area (Å²) in [4.78, 5) is 11.1. The number of aliphatic hydroxyl groups excluding tert-OH is 1. The summed E-state index contributed by atoms with van der Waals surface area (Å²) >= 11 is 0. The number of ether oxygens (including phenoxy) is 1. The van der Waals surface area contributed by atoms with Crippen molar-refractivity contribution in [3.05, 3.63) is 0 Å². The maximum atomic E-state index is 11.1. The van der Waals surface area contributed by atoms with Crippen LogP contribution in [0.5, 0.6) is 0 Å². The first kappa shape index (κ1) is 11.4. The highest BCUT2D eigenvalue weighted by atomic mass is 16.6. The van der Waals surface area contributed by atoms with E-state index in [2.05, 4.69) is 0 Å². The lowest BCUT2D eigenvalue weighted by Crippen LogP contribution is -2.44. The second kappa shape index (κ2) is 3.87. The number of hydrogen-bond donors (Lipinski definition) is 2. The zero-order chi connectivity index (χ0) is 9.94. The lowest BCUT2D eigenvalue weighted by Gasteiger charge is -2.23. The first-order valence-electron chi connectivity index (χ1n) is 3.90. The SMILES string of the molecule is C[C@H](O)[C@@H](N)C(=O)OC(C)(C)C. The van der Waals surface area contributed by atoms with Crippen molar-refractivity contribution in [2.75, 3.05) is 0 Å². The summed E-state index contributed by atoms with van der Waals surface area (Å²) in [5, 5.41) is 8.96. The Hall–Kier alpha value is -0.610. The average molecular weight is 175 g/mol. The van der Waals surface area contributed by atoms with Gasteiger partial charge < -0.3 is 15.6 Å². The summed E-state index contributed by atoms with van der Waals surface area (Å²) in [5.74, 6) is -0.572. The Morgan fingerprint density at radius 3 is 2.17 bits per heavy atom. The highest BCUT2D eigenvalue weighted by Crippen LogP contribution is 2.08. The van der Waals surface area contributed by atoms with Crippen LogP contribution in [0.4, 0.5) is 0 Å². The summed E-state index contributed by atoms with van der Waals surface area (Å²) in [6.45, 7) is 6.70. The summed E-state index contributed by atoms with van der Waals surface area (Å²) in [6.07, 6.45) is -0.875. The number of carbonyl (C=O) groups excluding carboxylic acids is 1. The van der Waals surface area contributed by atoms with Crippen molar-refractivity contribution in [3.8, 4) is 0 Å². The molecule has 0 saturated heterocycles. The van der Waals surface area contributed by atoms with Crippen LogP contribution < -0.4 is 5.73 Å². The Bertz CT molecular complexity index is 160. The average Bonchev–Trinajstić information content (AvgIpc) is 1.82. The Morgan fingerprint density at radius 1 is 1.50 bits per heavy atom. The molecule has 0 aromatic rings. The molecule has 0 aliphatic heterocycles. The van der Waals surface area contributed by atoms with E-state index in [0.717, 1.165) is 0 Å². The molecule has 0 radical (unpaired) electrons. The van der Waals surface area contributed by atoms with Crippen LogP contribution in [-0.4, -0.2) is 28.8 Å². The van der Waals surface area contributed by atoms with Crippen molar-refractivity contribution in [2.24, 2.45) is 5.73 Å². The van der Waals surface area contributed by atoms with Crippen molar-refractivity contribution in [2.45, 2.75) is 45.4 Å². The second-order valence-electron chi connectivity index (χ2n) is 3.80. The molecule has 0 fully saturated rings. The molecule has 72 valence electrons. The fourth-order valence-electron chi connectivity index (χ4n) is 0.567. The lowest BCUT2D eigenvalue weighted by molar-refractivity contribution is -0.158. The first-order chi connectivity index (χ1) is 5.24. The maximum absolute atomic E-state index is 11.1. The van der Waals surface area contributed by atoms with E-state index in [0.29, 0.717) is 0 Å². The number of nitrogens with two attached hydrogens (primary N) is 1. The molecule has 0 aliphatic carbocycles. The van der Waals surface area contributed by atoms with Crippen LogP contribution in [-0.2, 0) is 9.53 Å². The highest BCUT2D eigenvalue weighted by molar-refractivity contribution is 5.76. The molecule has 0 unspecified atom stereocenters. The standard InChI is InChI=1S/C8H17NO3/c1-5(10)6(9)7(11)12-8(2,3)4/h5-6,10H,9H2,1-4H3/t5-,6+/m0/s1. The molecule has 0 aliphatic rings. The van der Waals surface area contributed by atoms with Crippen molar-refractivity contribution in [1.82, 2.24) is 0 Å². The van der Waals surface area contributed by atoms with E-state index < -0.39 is 23.7 Å². The minimum atomic E-state index is -0.954. The minimum Gasteiger partial charge on any atom is -0.459 e. The Kier molecular flexibility index (Phi) is 3.67. The van der Waals surface area contributed by atoms with Gasteiger partial charge in [0.15, 0.2) is 0 Å². The molecule has 3 N–H and O–H groups in total. The van der Waals surface area contributed by atoms with Gasteiger partial charge in [0, 0.05) is 0 Å². The van der Waals surface area contributed by atoms with Crippen LogP contribution >= 0.6 is 0 Å². The monoisotopic (exact) mass is 175 g/mol. The summed E-state index contributed by atoms with van der Waals surface area (Å²) in [7, 11) is 0. The summed E-state index contributed by atoms with van der Waals surface area (Å²) in [6, 6.07) is -0.954. The van der Waals surface area contributed by atoms with E-state index in [9.17, 15) is 4.79 Å². The first-order valence-corrected chi connectivity index (χ1v) is 3.90. The quantitative estimate of drug-likeness (QED) is 0.581. The minimum absolute atomic E-state index is 0.552. The molecule has 4 nitrogen and oxygen atoms in total. The van der Waals surface area contributed by atoms with Crippen molar-refractivity contribution >= 4 is 5.97 Å². The molecular formula is C8H17NO3. The van der Waals surface area contributed by atoms with Crippen LogP contribution in [0.15, 0.2) is 0 Å². The molecule has 0 bridgehead atoms. The van der Waals surface area contributed by atoms with Crippen molar-refractivity contribution < 1.29 is 14.6 Å². The molecule has 0 amide bonds. The van der Waals surface area contributed by atoms with Gasteiger partial charge in [0.05, 0.1) is 6.10 Å². The summed E-state index contributed by atoms with van der Waals surface area (Å²) < 4.78 is 4.94. The van der Waals surface area contributed by atoms with E-state index in [-0.39, 0.29) is 0 Å². The third kappa shape index (κ3) is 4.31. The van der Waals surface area contributed by atoms with Gasteiger partial charge in [-0.25, -0.2) is 0 Å². The van der Waals surface area contributed by atoms with Gasteiger partial charge in [-0.15, -0.1) is 0 Å². The van der Waals surface area contributed by atoms with Gasteiger partial charge >= 0.3 is 5.97 Å². The van der Waals surface area contributed by atoms with E-state index in [1.54, 1.807) is 20.8 Å². The Labute approximate surface area is 72.7 Å². The largest absolute Gasteiger partial charge is 0.459 e. The van der Waals surface area contributed by atoms with Gasteiger partial charge in [-0.2, -0.15) is 0 Å². The second-order valence-corrected chi connectivity index (χ2v) is 3.80. The predicted molar refractivity (Wildman–Crippen MR) is 45.5 cm³/mol. The molecule has 0 aromatic heterocycles. The van der Waals surface area contributed by atoms with Gasteiger partial charge in [0.1, 0.15) is 11.6 Å². The fourth-order valence-corrected chi connectivity index (χ4v) is 0.567. The maximum Gasteiger partial charge on any atom is 0.326 e. The van der Waals surface area contributed by atoms with Crippen molar-refractivity contribution in [3.63, 3.8) is 0 Å².